The van der Waals surface area contributed by atoms with Crippen LogP contribution in [0.5, 0.6) is 0 Å². The summed E-state index contributed by atoms with van der Waals surface area (Å²) >= 11 is 0. The van der Waals surface area contributed by atoms with Gasteiger partial charge in [0.05, 0.1) is 24.3 Å². The third-order valence-electron chi connectivity index (χ3n) is 7.39. The minimum atomic E-state index is -1.18. The van der Waals surface area contributed by atoms with Crippen molar-refractivity contribution in [3.05, 3.63) is 107 Å². The predicted octanol–water partition coefficient (Wildman–Crippen LogP) is 4.54. The van der Waals surface area contributed by atoms with Gasteiger partial charge in [0.15, 0.2) is 5.78 Å². The van der Waals surface area contributed by atoms with Crippen LogP contribution in [0.15, 0.2) is 84.9 Å². The van der Waals surface area contributed by atoms with Gasteiger partial charge in [0.1, 0.15) is 5.60 Å². The number of fused-ring (bicyclic) bond motifs is 1. The number of amides is 2. The normalized spacial score (nSPS) is 18.3. The Morgan fingerprint density at radius 2 is 1.55 bits per heavy atom. The average Bonchev–Trinajstić information content (AvgIpc) is 3.26. The highest BCUT2D eigenvalue weighted by molar-refractivity contribution is 5.98. The number of ether oxygens (including phenoxy) is 1. The Morgan fingerprint density at radius 3 is 2.21 bits per heavy atom. The number of Topliss-reactive ketones (excluding diaryl/α,β-unsaturated/α-hetero) is 1. The largest absolute Gasteiger partial charge is 0.444 e. The van der Waals surface area contributed by atoms with Crippen molar-refractivity contribution < 1.29 is 29.3 Å². The molecule has 0 fully saturated rings. The number of aliphatic hydroxyl groups is 2. The van der Waals surface area contributed by atoms with Crippen LogP contribution < -0.4 is 10.6 Å². The van der Waals surface area contributed by atoms with Gasteiger partial charge in [-0.2, -0.15) is 0 Å². The second kappa shape index (κ2) is 13.8. The van der Waals surface area contributed by atoms with Gasteiger partial charge < -0.3 is 25.6 Å². The molecule has 42 heavy (non-hydrogen) atoms. The van der Waals surface area contributed by atoms with E-state index in [9.17, 15) is 24.6 Å². The number of ketones is 1. The molecular weight excluding hydrogens is 532 g/mol. The molecule has 222 valence electrons. The van der Waals surface area contributed by atoms with Gasteiger partial charge in [-0.25, -0.2) is 4.79 Å². The highest BCUT2D eigenvalue weighted by Crippen LogP contribution is 2.32. The highest BCUT2D eigenvalue weighted by Gasteiger charge is 2.36. The van der Waals surface area contributed by atoms with E-state index < -0.39 is 47.8 Å². The van der Waals surface area contributed by atoms with Crippen LogP contribution in [0.2, 0.25) is 0 Å². The van der Waals surface area contributed by atoms with E-state index in [1.807, 2.05) is 54.6 Å². The van der Waals surface area contributed by atoms with Crippen molar-refractivity contribution in [2.45, 2.75) is 76.3 Å². The summed E-state index contributed by atoms with van der Waals surface area (Å²) in [5.74, 6) is -1.61. The Bertz CT molecular complexity index is 1360. The molecule has 8 nitrogen and oxygen atoms in total. The molecule has 0 heterocycles. The number of carbonyl (C=O) groups is 3. The lowest BCUT2D eigenvalue weighted by atomic mass is 9.88. The molecule has 0 saturated carbocycles. The van der Waals surface area contributed by atoms with Gasteiger partial charge >= 0.3 is 6.09 Å². The van der Waals surface area contributed by atoms with Crippen molar-refractivity contribution in [2.24, 2.45) is 5.92 Å². The van der Waals surface area contributed by atoms with Gasteiger partial charge in [-0.1, -0.05) is 84.9 Å². The zero-order chi connectivity index (χ0) is 30.3. The minimum Gasteiger partial charge on any atom is -0.444 e. The molecule has 3 aromatic carbocycles. The molecule has 0 spiro atoms. The Morgan fingerprint density at radius 1 is 0.929 bits per heavy atom. The van der Waals surface area contributed by atoms with E-state index in [1.165, 1.54) is 0 Å². The number of hydrogen-bond acceptors (Lipinski definition) is 6. The van der Waals surface area contributed by atoms with E-state index >= 15 is 0 Å². The van der Waals surface area contributed by atoms with Crippen LogP contribution in [0.3, 0.4) is 0 Å². The molecule has 1 aliphatic rings. The van der Waals surface area contributed by atoms with E-state index in [2.05, 4.69) is 10.6 Å². The van der Waals surface area contributed by atoms with Crippen LogP contribution in [0.1, 0.15) is 66.7 Å². The molecule has 4 N–H and O–H groups in total. The first kappa shape index (κ1) is 30.9. The number of rotatable bonds is 11. The molecule has 0 bridgehead atoms. The Balaban J connectivity index is 1.56. The van der Waals surface area contributed by atoms with E-state index in [1.54, 1.807) is 51.1 Å². The summed E-state index contributed by atoms with van der Waals surface area (Å²) in [6.07, 6.45) is -2.22. The molecule has 0 radical (unpaired) electrons. The number of alkyl carbamates (subject to hydrolysis) is 1. The first-order valence-corrected chi connectivity index (χ1v) is 14.4. The SMILES string of the molecule is CC(C)(C)OC(=O)N[C@@H](Cc1ccccc1)[C@@H](O)C[C@H](CC(=O)c1ccccc1)C(=O)N[C@H]1c2ccccc2C[C@H]1O. The Labute approximate surface area is 247 Å². The minimum absolute atomic E-state index is 0.0951. The summed E-state index contributed by atoms with van der Waals surface area (Å²) in [7, 11) is 0. The number of nitrogens with one attached hydrogen (secondary N) is 2. The molecule has 1 aliphatic carbocycles. The topological polar surface area (TPSA) is 125 Å². The summed E-state index contributed by atoms with van der Waals surface area (Å²) < 4.78 is 5.44. The smallest absolute Gasteiger partial charge is 0.407 e. The van der Waals surface area contributed by atoms with Gasteiger partial charge in [-0.15, -0.1) is 0 Å². The van der Waals surface area contributed by atoms with Crippen LogP contribution in [0, 0.1) is 5.92 Å². The number of aliphatic hydroxyl groups excluding tert-OH is 2. The number of benzene rings is 3. The summed E-state index contributed by atoms with van der Waals surface area (Å²) in [5.41, 5.74) is 2.39. The molecule has 3 aromatic rings. The van der Waals surface area contributed by atoms with Crippen molar-refractivity contribution in [3.63, 3.8) is 0 Å². The van der Waals surface area contributed by atoms with Crippen molar-refractivity contribution in [2.75, 3.05) is 0 Å². The van der Waals surface area contributed by atoms with Crippen molar-refractivity contribution >= 4 is 17.8 Å². The zero-order valence-corrected chi connectivity index (χ0v) is 24.3. The summed E-state index contributed by atoms with van der Waals surface area (Å²) in [5, 5.41) is 27.9. The third kappa shape index (κ3) is 8.50. The molecule has 0 unspecified atom stereocenters. The molecule has 2 amide bonds. The van der Waals surface area contributed by atoms with Crippen molar-refractivity contribution in [3.8, 4) is 0 Å². The van der Waals surface area contributed by atoms with Crippen molar-refractivity contribution in [1.29, 1.82) is 0 Å². The Hall–Kier alpha value is -4.01. The quantitative estimate of drug-likeness (QED) is 0.250. The van der Waals surface area contributed by atoms with Crippen LogP contribution in [-0.2, 0) is 22.4 Å². The van der Waals surface area contributed by atoms with E-state index in [4.69, 9.17) is 4.74 Å². The predicted molar refractivity (Wildman–Crippen MR) is 160 cm³/mol. The summed E-state index contributed by atoms with van der Waals surface area (Å²) in [6.45, 7) is 5.25. The maximum atomic E-state index is 13.8. The summed E-state index contributed by atoms with van der Waals surface area (Å²) in [4.78, 5) is 39.7. The molecule has 8 heteroatoms. The molecule has 4 rings (SSSR count). The van der Waals surface area contributed by atoms with Crippen LogP contribution >= 0.6 is 0 Å². The van der Waals surface area contributed by atoms with E-state index in [0.717, 1.165) is 16.7 Å². The zero-order valence-electron chi connectivity index (χ0n) is 24.3. The van der Waals surface area contributed by atoms with Gasteiger partial charge in [-0.05, 0) is 50.3 Å². The van der Waals surface area contributed by atoms with E-state index in [0.29, 0.717) is 12.0 Å². The lowest BCUT2D eigenvalue weighted by Gasteiger charge is -2.29. The van der Waals surface area contributed by atoms with E-state index in [-0.39, 0.29) is 25.0 Å². The highest BCUT2D eigenvalue weighted by atomic mass is 16.6. The average molecular weight is 573 g/mol. The molecule has 0 saturated heterocycles. The van der Waals surface area contributed by atoms with Gasteiger partial charge in [0, 0.05) is 24.3 Å². The number of carbonyl (C=O) groups excluding carboxylic acids is 3. The van der Waals surface area contributed by atoms with Gasteiger partial charge in [0.25, 0.3) is 0 Å². The maximum Gasteiger partial charge on any atom is 0.407 e. The molecular formula is C34H40N2O6. The van der Waals surface area contributed by atoms with Gasteiger partial charge in [-0.3, -0.25) is 9.59 Å². The van der Waals surface area contributed by atoms with Crippen LogP contribution in [-0.4, -0.2) is 51.8 Å². The second-order valence-corrected chi connectivity index (χ2v) is 11.9. The molecule has 5 atom stereocenters. The maximum absolute atomic E-state index is 13.8. The second-order valence-electron chi connectivity index (χ2n) is 11.9. The van der Waals surface area contributed by atoms with Crippen LogP contribution in [0.4, 0.5) is 4.79 Å². The standard InChI is InChI=1S/C34H40N2O6/c1-34(2,3)42-33(41)35-27(18-22-12-6-4-7-13-22)29(38)21-25(20-28(37)23-14-8-5-9-15-23)32(40)36-31-26-17-11-10-16-24(26)19-30(31)39/h4-17,25,27,29-31,38-39H,18-21H2,1-3H3,(H,35,41)(H,36,40)/t25-,27-,29-,30+,31-/m0/s1. The fraction of sp³-hybridized carbons (Fsp3) is 0.382. The first-order valence-electron chi connectivity index (χ1n) is 14.4. The lowest BCUT2D eigenvalue weighted by Crippen LogP contribution is -2.48. The number of hydrogen-bond donors (Lipinski definition) is 4. The lowest BCUT2D eigenvalue weighted by molar-refractivity contribution is -0.127. The third-order valence-corrected chi connectivity index (χ3v) is 7.39. The first-order chi connectivity index (χ1) is 20.0. The molecule has 0 aliphatic heterocycles. The monoisotopic (exact) mass is 572 g/mol. The fourth-order valence-electron chi connectivity index (χ4n) is 5.33. The summed E-state index contributed by atoms with van der Waals surface area (Å²) in [6, 6.07) is 24.2. The van der Waals surface area contributed by atoms with Gasteiger partial charge in [0.2, 0.25) is 5.91 Å². The van der Waals surface area contributed by atoms with Crippen molar-refractivity contribution in [1.82, 2.24) is 10.6 Å². The Kier molecular flexibility index (Phi) is 10.1. The fourth-order valence-corrected chi connectivity index (χ4v) is 5.33. The van der Waals surface area contributed by atoms with Crippen LogP contribution in [0.25, 0.3) is 0 Å². The molecule has 0 aromatic heterocycles.